The summed E-state index contributed by atoms with van der Waals surface area (Å²) in [7, 11) is 3.85. The van der Waals surface area contributed by atoms with Crippen molar-refractivity contribution in [2.45, 2.75) is 25.4 Å². The maximum Gasteiger partial charge on any atom is 0.218 e. The zero-order valence-corrected chi connectivity index (χ0v) is 11.2. The van der Waals surface area contributed by atoms with Gasteiger partial charge in [-0.2, -0.15) is 0 Å². The highest BCUT2D eigenvalue weighted by atomic mass is 127. The minimum absolute atomic E-state index is 0.759. The summed E-state index contributed by atoms with van der Waals surface area (Å²) in [6.07, 6.45) is 4.45. The largest absolute Gasteiger partial charge is 0.481 e. The number of hydrogen-bond acceptors (Lipinski definition) is 3. The van der Waals surface area contributed by atoms with Crippen molar-refractivity contribution >= 4 is 22.6 Å². The average molecular weight is 318 g/mol. The number of hydrogen-bond donors (Lipinski definition) is 0. The first kappa shape index (κ1) is 11.1. The summed E-state index contributed by atoms with van der Waals surface area (Å²) in [5.74, 6) is 0.759. The molecule has 1 heterocycles. The van der Waals surface area contributed by atoms with E-state index in [4.69, 9.17) is 4.74 Å². The van der Waals surface area contributed by atoms with Crippen LogP contribution in [0.3, 0.4) is 0 Å². The van der Waals surface area contributed by atoms with Crippen LogP contribution in [0.2, 0.25) is 0 Å². The molecule has 1 saturated carbocycles. The van der Waals surface area contributed by atoms with E-state index in [1.54, 1.807) is 13.3 Å². The smallest absolute Gasteiger partial charge is 0.218 e. The molecule has 4 heteroatoms. The lowest BCUT2D eigenvalue weighted by Gasteiger charge is -2.18. The Balaban J connectivity index is 2.17. The zero-order chi connectivity index (χ0) is 10.8. The molecule has 1 fully saturated rings. The van der Waals surface area contributed by atoms with E-state index >= 15 is 0 Å². The first-order valence-corrected chi connectivity index (χ1v) is 6.18. The van der Waals surface area contributed by atoms with Crippen LogP contribution in [-0.4, -0.2) is 30.1 Å². The van der Waals surface area contributed by atoms with Gasteiger partial charge in [0.05, 0.1) is 7.11 Å². The molecule has 0 aliphatic heterocycles. The van der Waals surface area contributed by atoms with Gasteiger partial charge in [-0.05, 0) is 48.5 Å². The summed E-state index contributed by atoms with van der Waals surface area (Å²) in [5, 5.41) is 0. The van der Waals surface area contributed by atoms with Gasteiger partial charge in [-0.3, -0.25) is 4.90 Å². The van der Waals surface area contributed by atoms with Crippen molar-refractivity contribution in [3.05, 3.63) is 21.4 Å². The van der Waals surface area contributed by atoms with Crippen LogP contribution in [0.25, 0.3) is 0 Å². The lowest BCUT2D eigenvalue weighted by Crippen LogP contribution is -2.21. The Morgan fingerprint density at radius 3 is 2.93 bits per heavy atom. The van der Waals surface area contributed by atoms with Crippen LogP contribution in [0.15, 0.2) is 12.3 Å². The molecule has 0 atom stereocenters. The molecule has 1 aliphatic rings. The summed E-state index contributed by atoms with van der Waals surface area (Å²) in [5.41, 5.74) is 1.20. The average Bonchev–Trinajstić information content (AvgIpc) is 3.04. The summed E-state index contributed by atoms with van der Waals surface area (Å²) >= 11 is 2.34. The van der Waals surface area contributed by atoms with Crippen LogP contribution in [0, 0.1) is 3.57 Å². The molecule has 1 aromatic heterocycles. The Bertz CT molecular complexity index is 352. The van der Waals surface area contributed by atoms with E-state index in [0.717, 1.165) is 18.5 Å². The third-order valence-electron chi connectivity index (χ3n) is 2.73. The highest BCUT2D eigenvalue weighted by molar-refractivity contribution is 14.1. The normalized spacial score (nSPS) is 15.7. The van der Waals surface area contributed by atoms with Gasteiger partial charge >= 0.3 is 0 Å². The van der Waals surface area contributed by atoms with Gasteiger partial charge in [0, 0.05) is 27.9 Å². The Hall–Kier alpha value is -0.360. The Morgan fingerprint density at radius 2 is 2.33 bits per heavy atom. The fourth-order valence-corrected chi connectivity index (χ4v) is 2.23. The van der Waals surface area contributed by atoms with Crippen molar-refractivity contribution in [1.29, 1.82) is 0 Å². The number of ether oxygens (including phenoxy) is 1. The molecule has 0 saturated heterocycles. The molecule has 2 rings (SSSR count). The monoisotopic (exact) mass is 318 g/mol. The molecule has 0 N–H and O–H groups in total. The number of aromatic nitrogens is 1. The van der Waals surface area contributed by atoms with E-state index in [0.29, 0.717) is 0 Å². The number of rotatable bonds is 4. The van der Waals surface area contributed by atoms with Gasteiger partial charge in [0.2, 0.25) is 5.88 Å². The van der Waals surface area contributed by atoms with Gasteiger partial charge in [-0.1, -0.05) is 0 Å². The minimum atomic E-state index is 0.759. The number of methoxy groups -OCH3 is 1. The van der Waals surface area contributed by atoms with Gasteiger partial charge in [0.1, 0.15) is 0 Å². The highest BCUT2D eigenvalue weighted by Gasteiger charge is 2.27. The van der Waals surface area contributed by atoms with Crippen LogP contribution >= 0.6 is 22.6 Å². The molecule has 3 nitrogen and oxygen atoms in total. The Labute approximate surface area is 104 Å². The van der Waals surface area contributed by atoms with Crippen molar-refractivity contribution in [1.82, 2.24) is 9.88 Å². The summed E-state index contributed by atoms with van der Waals surface area (Å²) in [6.45, 7) is 0.931. The quantitative estimate of drug-likeness (QED) is 0.797. The van der Waals surface area contributed by atoms with Crippen LogP contribution in [0.4, 0.5) is 0 Å². The topological polar surface area (TPSA) is 25.4 Å². The van der Waals surface area contributed by atoms with Crippen LogP contribution in [0.5, 0.6) is 5.88 Å². The van der Waals surface area contributed by atoms with E-state index in [-0.39, 0.29) is 0 Å². The van der Waals surface area contributed by atoms with Crippen molar-refractivity contribution in [2.24, 2.45) is 0 Å². The van der Waals surface area contributed by atoms with Gasteiger partial charge in [-0.25, -0.2) is 4.98 Å². The lowest BCUT2D eigenvalue weighted by atomic mass is 10.2. The Kier molecular flexibility index (Phi) is 3.45. The SMILES string of the molecule is COc1nccc(I)c1CN(C)C1CC1. The number of nitrogens with zero attached hydrogens (tertiary/aromatic N) is 2. The van der Waals surface area contributed by atoms with Crippen molar-refractivity contribution in [2.75, 3.05) is 14.2 Å². The predicted molar refractivity (Wildman–Crippen MR) is 68.0 cm³/mol. The van der Waals surface area contributed by atoms with E-state index in [9.17, 15) is 0 Å². The van der Waals surface area contributed by atoms with E-state index in [1.807, 2.05) is 6.07 Å². The standard InChI is InChI=1S/C11H15IN2O/c1-14(8-3-4-8)7-9-10(12)5-6-13-11(9)15-2/h5-6,8H,3-4,7H2,1-2H3. The second-order valence-electron chi connectivity index (χ2n) is 3.93. The number of pyridine rings is 1. The number of halogens is 1. The van der Waals surface area contributed by atoms with Crippen LogP contribution in [0.1, 0.15) is 18.4 Å². The van der Waals surface area contributed by atoms with E-state index in [1.165, 1.54) is 22.0 Å². The first-order chi connectivity index (χ1) is 7.22. The fraction of sp³-hybridized carbons (Fsp3) is 0.545. The van der Waals surface area contributed by atoms with Crippen LogP contribution < -0.4 is 4.74 Å². The van der Waals surface area contributed by atoms with E-state index < -0.39 is 0 Å². The molecule has 82 valence electrons. The molecule has 0 unspecified atom stereocenters. The molecule has 0 amide bonds. The summed E-state index contributed by atoms with van der Waals surface area (Å²) in [6, 6.07) is 2.80. The molecule has 15 heavy (non-hydrogen) atoms. The van der Waals surface area contributed by atoms with Crippen molar-refractivity contribution in [3.63, 3.8) is 0 Å². The molecule has 0 aromatic carbocycles. The fourth-order valence-electron chi connectivity index (χ4n) is 1.66. The van der Waals surface area contributed by atoms with Gasteiger partial charge in [0.15, 0.2) is 0 Å². The molecule has 0 radical (unpaired) electrons. The van der Waals surface area contributed by atoms with Crippen molar-refractivity contribution < 1.29 is 4.74 Å². The summed E-state index contributed by atoms with van der Waals surface area (Å²) < 4.78 is 6.51. The van der Waals surface area contributed by atoms with Gasteiger partial charge in [0.25, 0.3) is 0 Å². The summed E-state index contributed by atoms with van der Waals surface area (Å²) in [4.78, 5) is 6.61. The van der Waals surface area contributed by atoms with Crippen LogP contribution in [-0.2, 0) is 6.54 Å². The first-order valence-electron chi connectivity index (χ1n) is 5.10. The maximum atomic E-state index is 5.28. The molecular weight excluding hydrogens is 303 g/mol. The van der Waals surface area contributed by atoms with E-state index in [2.05, 4.69) is 39.5 Å². The molecule has 0 spiro atoms. The highest BCUT2D eigenvalue weighted by Crippen LogP contribution is 2.29. The minimum Gasteiger partial charge on any atom is -0.481 e. The molecular formula is C11H15IN2O. The predicted octanol–water partition coefficient (Wildman–Crippen LogP) is 2.29. The molecule has 0 bridgehead atoms. The van der Waals surface area contributed by atoms with Gasteiger partial charge < -0.3 is 4.74 Å². The molecule has 1 aromatic rings. The Morgan fingerprint density at radius 1 is 1.60 bits per heavy atom. The van der Waals surface area contributed by atoms with Gasteiger partial charge in [-0.15, -0.1) is 0 Å². The molecule has 1 aliphatic carbocycles. The third-order valence-corrected chi connectivity index (χ3v) is 3.74. The van der Waals surface area contributed by atoms with Crippen molar-refractivity contribution in [3.8, 4) is 5.88 Å². The second kappa shape index (κ2) is 4.65. The maximum absolute atomic E-state index is 5.28. The second-order valence-corrected chi connectivity index (χ2v) is 5.09. The lowest BCUT2D eigenvalue weighted by molar-refractivity contribution is 0.304. The zero-order valence-electron chi connectivity index (χ0n) is 9.03. The third kappa shape index (κ3) is 2.60.